The van der Waals surface area contributed by atoms with Crippen LogP contribution in [0.2, 0.25) is 0 Å². The molecule has 104 valence electrons. The van der Waals surface area contributed by atoms with Crippen LogP contribution in [0.15, 0.2) is 36.0 Å². The summed E-state index contributed by atoms with van der Waals surface area (Å²) in [6.07, 6.45) is 4.03. The average Bonchev–Trinajstić information content (AvgIpc) is 2.99. The van der Waals surface area contributed by atoms with Crippen molar-refractivity contribution >= 4 is 16.3 Å². The fraction of sp³-hybridized carbons (Fsp3) is 0.267. The molecule has 2 heterocycles. The summed E-state index contributed by atoms with van der Waals surface area (Å²) in [7, 11) is 1.94. The highest BCUT2D eigenvalue weighted by Crippen LogP contribution is 2.24. The van der Waals surface area contributed by atoms with Crippen LogP contribution in [0.3, 0.4) is 0 Å². The zero-order valence-electron chi connectivity index (χ0n) is 11.6. The van der Waals surface area contributed by atoms with E-state index in [1.165, 1.54) is 5.56 Å². The van der Waals surface area contributed by atoms with Crippen LogP contribution in [0.1, 0.15) is 16.8 Å². The number of thiazole rings is 1. The third-order valence-corrected chi connectivity index (χ3v) is 3.94. The molecule has 0 spiro atoms. The van der Waals surface area contributed by atoms with Crippen LogP contribution in [-0.4, -0.2) is 16.4 Å². The minimum atomic E-state index is 0.496. The molecule has 0 saturated heterocycles. The number of hydrogen-bond donors (Lipinski definition) is 1. The zero-order chi connectivity index (χ0) is 13.9. The van der Waals surface area contributed by atoms with Crippen LogP contribution in [-0.2, 0) is 13.2 Å². The lowest BCUT2D eigenvalue weighted by Crippen LogP contribution is -2.08. The lowest BCUT2D eigenvalue weighted by molar-refractivity contribution is 0.296. The normalized spacial score (nSPS) is 11.1. The quantitative estimate of drug-likeness (QED) is 0.784. The van der Waals surface area contributed by atoms with E-state index in [9.17, 15) is 0 Å². The van der Waals surface area contributed by atoms with Gasteiger partial charge in [-0.05, 0) is 19.5 Å². The molecular formula is C15H17N3OS. The van der Waals surface area contributed by atoms with Gasteiger partial charge < -0.3 is 10.1 Å². The first-order valence-corrected chi connectivity index (χ1v) is 7.43. The molecule has 0 aliphatic carbocycles. The summed E-state index contributed by atoms with van der Waals surface area (Å²) in [6, 6.07) is 6.21. The topological polar surface area (TPSA) is 38.6 Å². The highest BCUT2D eigenvalue weighted by molar-refractivity contribution is 7.15. The molecule has 0 bridgehead atoms. The van der Waals surface area contributed by atoms with Gasteiger partial charge in [0.2, 0.25) is 0 Å². The molecule has 0 unspecified atom stereocenters. The van der Waals surface area contributed by atoms with E-state index in [1.807, 2.05) is 29.2 Å². The number of imidazole rings is 1. The van der Waals surface area contributed by atoms with Crippen LogP contribution >= 0.6 is 11.3 Å². The highest BCUT2D eigenvalue weighted by atomic mass is 32.1. The van der Waals surface area contributed by atoms with Gasteiger partial charge in [0.15, 0.2) is 4.96 Å². The summed E-state index contributed by atoms with van der Waals surface area (Å²) in [5, 5.41) is 5.20. The molecular weight excluding hydrogens is 270 g/mol. The molecule has 0 saturated carbocycles. The number of rotatable bonds is 5. The summed E-state index contributed by atoms with van der Waals surface area (Å²) in [6.45, 7) is 3.37. The summed E-state index contributed by atoms with van der Waals surface area (Å²) in [5.74, 6) is 0.957. The molecule has 0 radical (unpaired) electrons. The molecule has 0 atom stereocenters. The number of nitrogens with zero attached hydrogens (tertiary/aromatic N) is 2. The second kappa shape index (κ2) is 5.64. The van der Waals surface area contributed by atoms with Crippen LogP contribution in [0.25, 0.3) is 4.96 Å². The lowest BCUT2D eigenvalue weighted by Gasteiger charge is -2.13. The Hall–Kier alpha value is -1.85. The third-order valence-electron chi connectivity index (χ3n) is 3.17. The fourth-order valence-electron chi connectivity index (χ4n) is 2.24. The molecule has 20 heavy (non-hydrogen) atoms. The van der Waals surface area contributed by atoms with Gasteiger partial charge in [0.1, 0.15) is 12.4 Å². The van der Waals surface area contributed by atoms with Crippen molar-refractivity contribution < 1.29 is 4.74 Å². The number of benzene rings is 1. The SMILES string of the molecule is CNCc1cccc(C)c1OCc1cn2ccsc2n1. The molecule has 1 N–H and O–H groups in total. The minimum Gasteiger partial charge on any atom is -0.487 e. The Bertz CT molecular complexity index is 688. The van der Waals surface area contributed by atoms with E-state index in [0.29, 0.717) is 6.61 Å². The molecule has 4 nitrogen and oxygen atoms in total. The van der Waals surface area contributed by atoms with Gasteiger partial charge in [0, 0.05) is 29.9 Å². The van der Waals surface area contributed by atoms with Crippen molar-refractivity contribution in [3.05, 3.63) is 52.8 Å². The molecule has 3 rings (SSSR count). The maximum Gasteiger partial charge on any atom is 0.193 e. The number of para-hydroxylation sites is 1. The number of aromatic nitrogens is 2. The monoisotopic (exact) mass is 287 g/mol. The summed E-state index contributed by atoms with van der Waals surface area (Å²) >= 11 is 1.63. The maximum atomic E-state index is 5.99. The standard InChI is InChI=1S/C15H17N3OS/c1-11-4-3-5-12(8-16-2)14(11)19-10-13-9-18-6-7-20-15(18)17-13/h3-7,9,16H,8,10H2,1-2H3. The Morgan fingerprint density at radius 1 is 1.40 bits per heavy atom. The van der Waals surface area contributed by atoms with Crippen LogP contribution < -0.4 is 10.1 Å². The molecule has 0 fully saturated rings. The van der Waals surface area contributed by atoms with E-state index in [-0.39, 0.29) is 0 Å². The van der Waals surface area contributed by atoms with Crippen LogP contribution in [0, 0.1) is 6.92 Å². The van der Waals surface area contributed by atoms with Gasteiger partial charge in [0.25, 0.3) is 0 Å². The van der Waals surface area contributed by atoms with Crippen molar-refractivity contribution in [3.63, 3.8) is 0 Å². The number of aryl methyl sites for hydroxylation is 1. The second-order valence-corrected chi connectivity index (χ2v) is 5.58. The predicted octanol–water partition coefficient (Wildman–Crippen LogP) is 3.00. The predicted molar refractivity (Wildman–Crippen MR) is 81.3 cm³/mol. The number of hydrogen-bond acceptors (Lipinski definition) is 4. The first-order valence-electron chi connectivity index (χ1n) is 6.55. The maximum absolute atomic E-state index is 5.99. The van der Waals surface area contributed by atoms with Gasteiger partial charge in [-0.25, -0.2) is 4.98 Å². The van der Waals surface area contributed by atoms with Gasteiger partial charge in [0.05, 0.1) is 5.69 Å². The van der Waals surface area contributed by atoms with Gasteiger partial charge in [-0.3, -0.25) is 4.40 Å². The molecule has 0 aliphatic heterocycles. The van der Waals surface area contributed by atoms with E-state index in [1.54, 1.807) is 11.3 Å². The van der Waals surface area contributed by atoms with E-state index in [2.05, 4.69) is 35.4 Å². The fourth-order valence-corrected chi connectivity index (χ4v) is 2.96. The molecule has 1 aromatic carbocycles. The molecule has 5 heteroatoms. The van der Waals surface area contributed by atoms with E-state index < -0.39 is 0 Å². The highest BCUT2D eigenvalue weighted by Gasteiger charge is 2.08. The van der Waals surface area contributed by atoms with E-state index in [4.69, 9.17) is 4.74 Å². The van der Waals surface area contributed by atoms with Gasteiger partial charge >= 0.3 is 0 Å². The molecule has 0 amide bonds. The Labute approximate surface area is 122 Å². The Kier molecular flexibility index (Phi) is 3.71. The Morgan fingerprint density at radius 2 is 2.30 bits per heavy atom. The van der Waals surface area contributed by atoms with Crippen molar-refractivity contribution in [2.24, 2.45) is 0 Å². The van der Waals surface area contributed by atoms with Crippen molar-refractivity contribution in [1.29, 1.82) is 0 Å². The smallest absolute Gasteiger partial charge is 0.193 e. The van der Waals surface area contributed by atoms with E-state index >= 15 is 0 Å². The number of ether oxygens (including phenoxy) is 1. The van der Waals surface area contributed by atoms with Crippen LogP contribution in [0.4, 0.5) is 0 Å². The largest absolute Gasteiger partial charge is 0.487 e. The van der Waals surface area contributed by atoms with Gasteiger partial charge in [-0.15, -0.1) is 11.3 Å². The van der Waals surface area contributed by atoms with Gasteiger partial charge in [-0.1, -0.05) is 18.2 Å². The first kappa shape index (κ1) is 13.1. The summed E-state index contributed by atoms with van der Waals surface area (Å²) in [5.41, 5.74) is 3.28. The average molecular weight is 287 g/mol. The lowest BCUT2D eigenvalue weighted by atomic mass is 10.1. The second-order valence-electron chi connectivity index (χ2n) is 4.71. The van der Waals surface area contributed by atoms with E-state index in [0.717, 1.165) is 28.5 Å². The molecule has 3 aromatic rings. The molecule has 2 aromatic heterocycles. The van der Waals surface area contributed by atoms with Crippen LogP contribution in [0.5, 0.6) is 5.75 Å². The minimum absolute atomic E-state index is 0.496. The zero-order valence-corrected chi connectivity index (χ0v) is 12.4. The summed E-state index contributed by atoms with van der Waals surface area (Å²) in [4.78, 5) is 5.54. The summed E-state index contributed by atoms with van der Waals surface area (Å²) < 4.78 is 8.02. The Morgan fingerprint density at radius 3 is 3.10 bits per heavy atom. The number of fused-ring (bicyclic) bond motifs is 1. The van der Waals surface area contributed by atoms with Crippen molar-refractivity contribution in [2.45, 2.75) is 20.1 Å². The third kappa shape index (κ3) is 2.55. The number of nitrogens with one attached hydrogen (secondary N) is 1. The van der Waals surface area contributed by atoms with Crippen molar-refractivity contribution in [1.82, 2.24) is 14.7 Å². The van der Waals surface area contributed by atoms with Crippen molar-refractivity contribution in [2.75, 3.05) is 7.05 Å². The van der Waals surface area contributed by atoms with Crippen molar-refractivity contribution in [3.8, 4) is 5.75 Å². The Balaban J connectivity index is 1.79. The van der Waals surface area contributed by atoms with Gasteiger partial charge in [-0.2, -0.15) is 0 Å². The first-order chi connectivity index (χ1) is 9.78. The molecule has 0 aliphatic rings.